The van der Waals surface area contributed by atoms with Crippen LogP contribution >= 0.6 is 0 Å². The highest BCUT2D eigenvalue weighted by molar-refractivity contribution is 6.09. The van der Waals surface area contributed by atoms with Crippen molar-refractivity contribution in [1.29, 1.82) is 0 Å². The molecule has 3 heteroatoms. The molecule has 0 bridgehead atoms. The van der Waals surface area contributed by atoms with Crippen molar-refractivity contribution in [3.63, 3.8) is 0 Å². The fourth-order valence-electron chi connectivity index (χ4n) is 3.03. The molecule has 3 rings (SSSR count). The van der Waals surface area contributed by atoms with Crippen LogP contribution in [0.1, 0.15) is 31.5 Å². The van der Waals surface area contributed by atoms with Crippen LogP contribution in [0.25, 0.3) is 10.9 Å². The molecular weight excluding hydrogens is 224 g/mol. The van der Waals surface area contributed by atoms with E-state index in [1.54, 1.807) is 0 Å². The van der Waals surface area contributed by atoms with E-state index in [0.717, 1.165) is 24.4 Å². The van der Waals surface area contributed by atoms with Gasteiger partial charge in [0, 0.05) is 22.9 Å². The van der Waals surface area contributed by atoms with Gasteiger partial charge in [-0.05, 0) is 25.0 Å². The second-order valence-electron chi connectivity index (χ2n) is 5.72. The molecular formula is C15H18N2O. The van der Waals surface area contributed by atoms with Crippen molar-refractivity contribution >= 4 is 16.6 Å². The van der Waals surface area contributed by atoms with E-state index < -0.39 is 0 Å². The maximum absolute atomic E-state index is 9.40. The number of rotatable bonds is 0. The van der Waals surface area contributed by atoms with Gasteiger partial charge in [0.25, 0.3) is 0 Å². The number of aryl methyl sites for hydroxylation is 2. The lowest BCUT2D eigenvalue weighted by Gasteiger charge is -2.32. The number of oxime groups is 1. The Morgan fingerprint density at radius 2 is 2.00 bits per heavy atom. The number of aromatic nitrogens is 1. The fourth-order valence-corrected chi connectivity index (χ4v) is 3.03. The molecule has 1 aliphatic heterocycles. The van der Waals surface area contributed by atoms with Crippen LogP contribution in [0.15, 0.2) is 29.4 Å². The second kappa shape index (κ2) is 3.61. The summed E-state index contributed by atoms with van der Waals surface area (Å²) in [4.78, 5) is 0. The lowest BCUT2D eigenvalue weighted by atomic mass is 9.79. The monoisotopic (exact) mass is 242 g/mol. The SMILES string of the molecule is Cc1c2n(c3ccccc13)CCC(C)(C)C2=NO. The summed E-state index contributed by atoms with van der Waals surface area (Å²) < 4.78 is 2.28. The van der Waals surface area contributed by atoms with Gasteiger partial charge >= 0.3 is 0 Å². The first-order valence-electron chi connectivity index (χ1n) is 6.37. The summed E-state index contributed by atoms with van der Waals surface area (Å²) in [6, 6.07) is 8.39. The standard InChI is InChI=1S/C15H18N2O/c1-10-11-6-4-5-7-12(11)17-9-8-15(2,3)14(16-18)13(10)17/h4-7,18H,8-9H2,1-3H3. The van der Waals surface area contributed by atoms with Gasteiger partial charge in [0.2, 0.25) is 0 Å². The van der Waals surface area contributed by atoms with Crippen molar-refractivity contribution in [2.24, 2.45) is 10.6 Å². The Bertz CT molecular complexity index is 650. The Labute approximate surface area is 107 Å². The van der Waals surface area contributed by atoms with E-state index in [1.165, 1.54) is 16.5 Å². The highest BCUT2D eigenvalue weighted by Gasteiger charge is 2.35. The third-order valence-electron chi connectivity index (χ3n) is 4.15. The summed E-state index contributed by atoms with van der Waals surface area (Å²) >= 11 is 0. The van der Waals surface area contributed by atoms with Crippen molar-refractivity contribution < 1.29 is 5.21 Å². The van der Waals surface area contributed by atoms with Gasteiger partial charge in [-0.1, -0.05) is 37.2 Å². The third-order valence-corrected chi connectivity index (χ3v) is 4.15. The first kappa shape index (κ1) is 11.3. The Morgan fingerprint density at radius 3 is 2.72 bits per heavy atom. The Morgan fingerprint density at radius 1 is 1.28 bits per heavy atom. The van der Waals surface area contributed by atoms with Crippen molar-refractivity contribution in [2.45, 2.75) is 33.7 Å². The van der Waals surface area contributed by atoms with Gasteiger partial charge in [-0.2, -0.15) is 0 Å². The molecule has 0 saturated heterocycles. The molecule has 0 atom stereocenters. The highest BCUT2D eigenvalue weighted by atomic mass is 16.4. The van der Waals surface area contributed by atoms with Crippen LogP contribution in [0, 0.1) is 12.3 Å². The topological polar surface area (TPSA) is 37.5 Å². The summed E-state index contributed by atoms with van der Waals surface area (Å²) in [6.07, 6.45) is 0.998. The predicted molar refractivity (Wildman–Crippen MR) is 73.4 cm³/mol. The second-order valence-corrected chi connectivity index (χ2v) is 5.72. The molecule has 0 aliphatic carbocycles. The Kier molecular flexibility index (Phi) is 2.27. The number of para-hydroxylation sites is 1. The summed E-state index contributed by atoms with van der Waals surface area (Å²) in [5.41, 5.74) is 4.29. The lowest BCUT2D eigenvalue weighted by Crippen LogP contribution is -2.34. The van der Waals surface area contributed by atoms with Crippen LogP contribution in [0.3, 0.4) is 0 Å². The van der Waals surface area contributed by atoms with Gasteiger partial charge in [-0.3, -0.25) is 0 Å². The van der Waals surface area contributed by atoms with Crippen molar-refractivity contribution in [1.82, 2.24) is 4.57 Å². The molecule has 3 nitrogen and oxygen atoms in total. The lowest BCUT2D eigenvalue weighted by molar-refractivity contribution is 0.300. The first-order chi connectivity index (χ1) is 8.56. The predicted octanol–water partition coefficient (Wildman–Crippen LogP) is 3.56. The molecule has 1 aromatic heterocycles. The van der Waals surface area contributed by atoms with Gasteiger partial charge in [-0.25, -0.2) is 0 Å². The van der Waals surface area contributed by atoms with Crippen molar-refractivity contribution in [2.75, 3.05) is 0 Å². The molecule has 2 heterocycles. The molecule has 18 heavy (non-hydrogen) atoms. The number of benzene rings is 1. The molecule has 1 N–H and O–H groups in total. The van der Waals surface area contributed by atoms with Crippen LogP contribution in [0.2, 0.25) is 0 Å². The minimum Gasteiger partial charge on any atom is -0.411 e. The van der Waals surface area contributed by atoms with Crippen molar-refractivity contribution in [3.05, 3.63) is 35.5 Å². The zero-order valence-corrected chi connectivity index (χ0v) is 11.1. The summed E-state index contributed by atoms with van der Waals surface area (Å²) in [6.45, 7) is 7.38. The maximum Gasteiger partial charge on any atom is 0.109 e. The van der Waals surface area contributed by atoms with Crippen LogP contribution in [0.4, 0.5) is 0 Å². The normalized spacial score (nSPS) is 20.3. The van der Waals surface area contributed by atoms with Gasteiger partial charge in [0.15, 0.2) is 0 Å². The van der Waals surface area contributed by atoms with E-state index in [0.29, 0.717) is 0 Å². The largest absolute Gasteiger partial charge is 0.411 e. The molecule has 0 fully saturated rings. The van der Waals surface area contributed by atoms with Crippen LogP contribution in [0.5, 0.6) is 0 Å². The fraction of sp³-hybridized carbons (Fsp3) is 0.400. The average Bonchev–Trinajstić information content (AvgIpc) is 2.63. The molecule has 1 aromatic carbocycles. The zero-order chi connectivity index (χ0) is 12.9. The Balaban J connectivity index is 2.39. The number of nitrogens with zero attached hydrogens (tertiary/aromatic N) is 2. The number of hydrogen-bond acceptors (Lipinski definition) is 2. The van der Waals surface area contributed by atoms with E-state index >= 15 is 0 Å². The molecule has 0 spiro atoms. The first-order valence-corrected chi connectivity index (χ1v) is 6.37. The van der Waals surface area contributed by atoms with E-state index in [9.17, 15) is 5.21 Å². The van der Waals surface area contributed by atoms with Crippen LogP contribution in [-0.2, 0) is 6.54 Å². The summed E-state index contributed by atoms with van der Waals surface area (Å²) in [5, 5.41) is 14.2. The van der Waals surface area contributed by atoms with E-state index in [2.05, 4.69) is 54.8 Å². The molecule has 0 unspecified atom stereocenters. The van der Waals surface area contributed by atoms with Crippen molar-refractivity contribution in [3.8, 4) is 0 Å². The average molecular weight is 242 g/mol. The quantitative estimate of drug-likeness (QED) is 0.556. The summed E-state index contributed by atoms with van der Waals surface area (Å²) in [5.74, 6) is 0. The van der Waals surface area contributed by atoms with Gasteiger partial charge in [0.1, 0.15) is 5.71 Å². The molecule has 0 amide bonds. The summed E-state index contributed by atoms with van der Waals surface area (Å²) in [7, 11) is 0. The van der Waals surface area contributed by atoms with Crippen LogP contribution in [-0.4, -0.2) is 15.5 Å². The third kappa shape index (κ3) is 1.33. The molecule has 1 aliphatic rings. The van der Waals surface area contributed by atoms with E-state index in [4.69, 9.17) is 0 Å². The molecule has 2 aromatic rings. The molecule has 94 valence electrons. The molecule has 0 radical (unpaired) electrons. The van der Waals surface area contributed by atoms with E-state index in [1.807, 2.05) is 0 Å². The Hall–Kier alpha value is -1.77. The smallest absolute Gasteiger partial charge is 0.109 e. The zero-order valence-electron chi connectivity index (χ0n) is 11.1. The van der Waals surface area contributed by atoms with E-state index in [-0.39, 0.29) is 5.41 Å². The highest BCUT2D eigenvalue weighted by Crippen LogP contribution is 2.38. The minimum absolute atomic E-state index is 0.0656. The van der Waals surface area contributed by atoms with Gasteiger partial charge in [0.05, 0.1) is 5.69 Å². The number of fused-ring (bicyclic) bond motifs is 3. The van der Waals surface area contributed by atoms with Gasteiger partial charge in [-0.15, -0.1) is 0 Å². The molecule has 0 saturated carbocycles. The number of hydrogen-bond donors (Lipinski definition) is 1. The maximum atomic E-state index is 9.40. The van der Waals surface area contributed by atoms with Gasteiger partial charge < -0.3 is 9.77 Å². The minimum atomic E-state index is -0.0656. The van der Waals surface area contributed by atoms with Crippen LogP contribution < -0.4 is 0 Å².